The molecule has 0 amide bonds. The summed E-state index contributed by atoms with van der Waals surface area (Å²) in [6, 6.07) is 12.5. The zero-order valence-corrected chi connectivity index (χ0v) is 12.3. The molecule has 0 aliphatic carbocycles. The second-order valence-corrected chi connectivity index (χ2v) is 4.82. The third kappa shape index (κ3) is 4.05. The molecular formula is C16H25N3. The van der Waals surface area contributed by atoms with E-state index in [1.54, 1.807) is 0 Å². The van der Waals surface area contributed by atoms with Gasteiger partial charge in [0.2, 0.25) is 0 Å². The van der Waals surface area contributed by atoms with Crippen LogP contribution in [0.25, 0.3) is 0 Å². The van der Waals surface area contributed by atoms with Crippen molar-refractivity contribution in [2.24, 2.45) is 0 Å². The van der Waals surface area contributed by atoms with Gasteiger partial charge < -0.3 is 4.90 Å². The summed E-state index contributed by atoms with van der Waals surface area (Å²) >= 11 is 0. The molecule has 19 heavy (non-hydrogen) atoms. The minimum Gasteiger partial charge on any atom is -0.304 e. The van der Waals surface area contributed by atoms with E-state index in [1.165, 1.54) is 0 Å². The van der Waals surface area contributed by atoms with Crippen LogP contribution >= 0.6 is 0 Å². The van der Waals surface area contributed by atoms with Crippen LogP contribution in [0.3, 0.4) is 0 Å². The second-order valence-electron chi connectivity index (χ2n) is 4.82. The van der Waals surface area contributed by atoms with Crippen molar-refractivity contribution < 1.29 is 0 Å². The van der Waals surface area contributed by atoms with Gasteiger partial charge in [0.15, 0.2) is 0 Å². The molecule has 0 aromatic heterocycles. The van der Waals surface area contributed by atoms with E-state index in [2.05, 4.69) is 30.1 Å². The highest BCUT2D eigenvalue weighted by Gasteiger charge is 2.30. The van der Waals surface area contributed by atoms with Crippen molar-refractivity contribution >= 4 is 0 Å². The van der Waals surface area contributed by atoms with Crippen molar-refractivity contribution in [3.8, 4) is 6.07 Å². The normalized spacial score (nSPS) is 14.1. The van der Waals surface area contributed by atoms with Gasteiger partial charge in [-0.3, -0.25) is 5.32 Å². The van der Waals surface area contributed by atoms with Crippen LogP contribution < -0.4 is 5.32 Å². The van der Waals surface area contributed by atoms with E-state index in [4.69, 9.17) is 0 Å². The van der Waals surface area contributed by atoms with Gasteiger partial charge >= 0.3 is 0 Å². The van der Waals surface area contributed by atoms with Gasteiger partial charge in [0.25, 0.3) is 0 Å². The SMILES string of the molecule is CCCN(CC)CCC(C#N)(NC)c1ccccc1. The molecule has 1 N–H and O–H groups in total. The molecule has 3 nitrogen and oxygen atoms in total. The van der Waals surface area contributed by atoms with E-state index >= 15 is 0 Å². The first-order valence-electron chi connectivity index (χ1n) is 7.10. The van der Waals surface area contributed by atoms with Crippen LogP contribution in [0.15, 0.2) is 30.3 Å². The Morgan fingerprint density at radius 1 is 1.21 bits per heavy atom. The summed E-state index contributed by atoms with van der Waals surface area (Å²) in [5.41, 5.74) is 0.468. The number of nitrogens with one attached hydrogen (secondary N) is 1. The fourth-order valence-electron chi connectivity index (χ4n) is 2.38. The minimum absolute atomic E-state index is 0.581. The van der Waals surface area contributed by atoms with Gasteiger partial charge in [0, 0.05) is 6.54 Å². The van der Waals surface area contributed by atoms with E-state index in [1.807, 2.05) is 37.4 Å². The first-order chi connectivity index (χ1) is 9.22. The molecule has 0 spiro atoms. The molecule has 1 atom stereocenters. The fourth-order valence-corrected chi connectivity index (χ4v) is 2.38. The summed E-state index contributed by atoms with van der Waals surface area (Å²) in [7, 11) is 1.87. The molecule has 1 aromatic rings. The lowest BCUT2D eigenvalue weighted by molar-refractivity contribution is 0.254. The number of nitrogens with zero attached hydrogens (tertiary/aromatic N) is 2. The standard InChI is InChI=1S/C16H25N3/c1-4-12-19(5-2)13-11-16(14-17,18-3)15-9-7-6-8-10-15/h6-10,18H,4-5,11-13H2,1-3H3. The summed E-state index contributed by atoms with van der Waals surface area (Å²) < 4.78 is 0. The van der Waals surface area contributed by atoms with Crippen molar-refractivity contribution in [1.82, 2.24) is 10.2 Å². The first-order valence-corrected chi connectivity index (χ1v) is 7.10. The summed E-state index contributed by atoms with van der Waals surface area (Å²) in [5.74, 6) is 0. The monoisotopic (exact) mass is 259 g/mol. The molecule has 0 bridgehead atoms. The lowest BCUT2D eigenvalue weighted by Crippen LogP contribution is -2.42. The lowest BCUT2D eigenvalue weighted by Gasteiger charge is -2.30. The highest BCUT2D eigenvalue weighted by Crippen LogP contribution is 2.24. The summed E-state index contributed by atoms with van der Waals surface area (Å²) in [4.78, 5) is 2.40. The topological polar surface area (TPSA) is 39.1 Å². The van der Waals surface area contributed by atoms with Gasteiger partial charge in [-0.15, -0.1) is 0 Å². The number of benzene rings is 1. The number of hydrogen-bond acceptors (Lipinski definition) is 3. The quantitative estimate of drug-likeness (QED) is 0.780. The average molecular weight is 259 g/mol. The molecule has 0 heterocycles. The smallest absolute Gasteiger partial charge is 0.133 e. The maximum atomic E-state index is 9.61. The molecule has 0 aliphatic heterocycles. The Kier molecular flexibility index (Phi) is 6.55. The number of rotatable bonds is 8. The molecule has 3 heteroatoms. The maximum Gasteiger partial charge on any atom is 0.133 e. The highest BCUT2D eigenvalue weighted by molar-refractivity contribution is 5.31. The maximum absolute atomic E-state index is 9.61. The van der Waals surface area contributed by atoms with Crippen LogP contribution in [-0.4, -0.2) is 31.6 Å². The van der Waals surface area contributed by atoms with Crippen LogP contribution in [0.5, 0.6) is 0 Å². The predicted molar refractivity (Wildman–Crippen MR) is 79.8 cm³/mol. The zero-order chi connectivity index (χ0) is 14.1. The molecular weight excluding hydrogens is 234 g/mol. The van der Waals surface area contributed by atoms with Crippen LogP contribution in [0.2, 0.25) is 0 Å². The summed E-state index contributed by atoms with van der Waals surface area (Å²) in [6.07, 6.45) is 1.95. The van der Waals surface area contributed by atoms with Crippen LogP contribution in [0.1, 0.15) is 32.3 Å². The van der Waals surface area contributed by atoms with Gasteiger partial charge in [0.05, 0.1) is 6.07 Å². The Balaban J connectivity index is 2.81. The molecule has 0 radical (unpaired) electrons. The van der Waals surface area contributed by atoms with Crippen molar-refractivity contribution in [1.29, 1.82) is 5.26 Å². The Labute approximate surface area is 117 Å². The Hall–Kier alpha value is -1.37. The predicted octanol–water partition coefficient (Wildman–Crippen LogP) is 2.75. The average Bonchev–Trinajstić information content (AvgIpc) is 2.48. The summed E-state index contributed by atoms with van der Waals surface area (Å²) in [6.45, 7) is 7.43. The zero-order valence-electron chi connectivity index (χ0n) is 12.3. The largest absolute Gasteiger partial charge is 0.304 e. The molecule has 104 valence electrons. The van der Waals surface area contributed by atoms with Crippen LogP contribution in [-0.2, 0) is 5.54 Å². The van der Waals surface area contributed by atoms with E-state index in [0.717, 1.165) is 38.0 Å². The van der Waals surface area contributed by atoms with Gasteiger partial charge in [-0.1, -0.05) is 44.2 Å². The molecule has 1 aromatic carbocycles. The van der Waals surface area contributed by atoms with Crippen LogP contribution in [0, 0.1) is 11.3 Å². The minimum atomic E-state index is -0.581. The molecule has 0 saturated heterocycles. The third-order valence-corrected chi connectivity index (χ3v) is 3.67. The summed E-state index contributed by atoms with van der Waals surface area (Å²) in [5, 5.41) is 12.8. The van der Waals surface area contributed by atoms with Gasteiger partial charge in [-0.25, -0.2) is 0 Å². The van der Waals surface area contributed by atoms with Gasteiger partial charge in [0.1, 0.15) is 5.54 Å². The Bertz CT molecular complexity index is 396. The molecule has 1 rings (SSSR count). The van der Waals surface area contributed by atoms with E-state index in [9.17, 15) is 5.26 Å². The fraction of sp³-hybridized carbons (Fsp3) is 0.562. The molecule has 0 aliphatic rings. The van der Waals surface area contributed by atoms with E-state index < -0.39 is 5.54 Å². The number of hydrogen-bond donors (Lipinski definition) is 1. The number of nitriles is 1. The van der Waals surface area contributed by atoms with Crippen LogP contribution in [0.4, 0.5) is 0 Å². The molecule has 1 unspecified atom stereocenters. The lowest BCUT2D eigenvalue weighted by atomic mass is 9.88. The molecule has 0 fully saturated rings. The first kappa shape index (κ1) is 15.7. The van der Waals surface area contributed by atoms with Crippen molar-refractivity contribution in [3.05, 3.63) is 35.9 Å². The van der Waals surface area contributed by atoms with E-state index in [0.29, 0.717) is 0 Å². The Morgan fingerprint density at radius 2 is 1.89 bits per heavy atom. The Morgan fingerprint density at radius 3 is 2.37 bits per heavy atom. The van der Waals surface area contributed by atoms with Gasteiger partial charge in [-0.05, 0) is 38.5 Å². The van der Waals surface area contributed by atoms with Crippen molar-refractivity contribution in [2.45, 2.75) is 32.2 Å². The van der Waals surface area contributed by atoms with Crippen molar-refractivity contribution in [2.75, 3.05) is 26.7 Å². The molecule has 0 saturated carbocycles. The third-order valence-electron chi connectivity index (χ3n) is 3.67. The van der Waals surface area contributed by atoms with E-state index in [-0.39, 0.29) is 0 Å². The highest BCUT2D eigenvalue weighted by atomic mass is 15.1. The van der Waals surface area contributed by atoms with Gasteiger partial charge in [-0.2, -0.15) is 5.26 Å². The second kappa shape index (κ2) is 7.93. The van der Waals surface area contributed by atoms with Crippen molar-refractivity contribution in [3.63, 3.8) is 0 Å².